The van der Waals surface area contributed by atoms with Crippen molar-refractivity contribution < 1.29 is 4.74 Å². The molecule has 0 aliphatic carbocycles. The van der Waals surface area contributed by atoms with Crippen LogP contribution in [0.2, 0.25) is 0 Å². The van der Waals surface area contributed by atoms with Crippen LogP contribution in [-0.2, 0) is 4.74 Å². The van der Waals surface area contributed by atoms with Crippen LogP contribution in [-0.4, -0.2) is 13.0 Å². The highest BCUT2D eigenvalue weighted by Crippen LogP contribution is 2.00. The minimum atomic E-state index is 0.642. The van der Waals surface area contributed by atoms with Gasteiger partial charge in [-0.15, -0.1) is 0 Å². The molecule has 1 rings (SSSR count). The van der Waals surface area contributed by atoms with Crippen molar-refractivity contribution in [2.45, 2.75) is 6.92 Å². The number of hydrogen-bond donors (Lipinski definition) is 0. The summed E-state index contributed by atoms with van der Waals surface area (Å²) in [6, 6.07) is 0. The summed E-state index contributed by atoms with van der Waals surface area (Å²) in [6.07, 6.45) is 9.54. The molecule has 2 nitrogen and oxygen atoms in total. The molecule has 0 atom stereocenters. The van der Waals surface area contributed by atoms with Crippen molar-refractivity contribution in [3.05, 3.63) is 36.1 Å². The van der Waals surface area contributed by atoms with Gasteiger partial charge in [-0.05, 0) is 13.0 Å². The molecule has 0 saturated heterocycles. The highest BCUT2D eigenvalue weighted by atomic mass is 16.5. The van der Waals surface area contributed by atoms with Gasteiger partial charge in [0, 0.05) is 11.8 Å². The van der Waals surface area contributed by atoms with Crippen molar-refractivity contribution in [1.82, 2.24) is 0 Å². The molecule has 1 aliphatic rings. The predicted octanol–water partition coefficient (Wildman–Crippen LogP) is 2.06. The average molecular weight is 149 g/mol. The van der Waals surface area contributed by atoms with E-state index in [2.05, 4.69) is 4.99 Å². The van der Waals surface area contributed by atoms with E-state index in [4.69, 9.17) is 4.74 Å². The summed E-state index contributed by atoms with van der Waals surface area (Å²) >= 11 is 0. The highest BCUT2D eigenvalue weighted by molar-refractivity contribution is 5.88. The first-order valence-corrected chi connectivity index (χ1v) is 3.47. The molecule has 0 radical (unpaired) electrons. The van der Waals surface area contributed by atoms with Gasteiger partial charge in [0.2, 0.25) is 5.90 Å². The first-order valence-electron chi connectivity index (χ1n) is 3.47. The first kappa shape index (κ1) is 7.79. The van der Waals surface area contributed by atoms with Gasteiger partial charge in [-0.1, -0.05) is 18.2 Å². The number of aliphatic imine (C=N–C) groups is 1. The molecule has 0 N–H and O–H groups in total. The Morgan fingerprint density at radius 1 is 1.27 bits per heavy atom. The van der Waals surface area contributed by atoms with Crippen LogP contribution < -0.4 is 0 Å². The molecule has 58 valence electrons. The van der Waals surface area contributed by atoms with Crippen LogP contribution in [0.3, 0.4) is 0 Å². The van der Waals surface area contributed by atoms with Crippen molar-refractivity contribution in [3.63, 3.8) is 0 Å². The van der Waals surface area contributed by atoms with E-state index in [9.17, 15) is 0 Å². The predicted molar refractivity (Wildman–Crippen MR) is 46.5 cm³/mol. The molecular weight excluding hydrogens is 138 g/mol. The van der Waals surface area contributed by atoms with Crippen LogP contribution in [0.15, 0.2) is 41.1 Å². The Labute approximate surface area is 66.6 Å². The van der Waals surface area contributed by atoms with Gasteiger partial charge in [0.1, 0.15) is 0 Å². The Balaban J connectivity index is 2.86. The Bertz CT molecular complexity index is 246. The molecule has 0 amide bonds. The fourth-order valence-electron chi connectivity index (χ4n) is 0.759. The maximum absolute atomic E-state index is 4.99. The van der Waals surface area contributed by atoms with Gasteiger partial charge in [0.05, 0.1) is 7.11 Å². The van der Waals surface area contributed by atoms with E-state index < -0.39 is 0 Å². The normalized spacial score (nSPS) is 31.8. The van der Waals surface area contributed by atoms with Crippen LogP contribution in [0.1, 0.15) is 6.92 Å². The number of ether oxygens (including phenoxy) is 1. The topological polar surface area (TPSA) is 21.6 Å². The molecule has 2 heteroatoms. The van der Waals surface area contributed by atoms with Crippen molar-refractivity contribution >= 4 is 5.90 Å². The van der Waals surface area contributed by atoms with Crippen LogP contribution in [0.5, 0.6) is 0 Å². The monoisotopic (exact) mass is 149 g/mol. The lowest BCUT2D eigenvalue weighted by atomic mass is 10.3. The lowest BCUT2D eigenvalue weighted by Gasteiger charge is -1.99. The van der Waals surface area contributed by atoms with E-state index in [1.807, 2.05) is 37.3 Å². The molecule has 0 saturated carbocycles. The molecule has 11 heavy (non-hydrogen) atoms. The van der Waals surface area contributed by atoms with E-state index in [0.29, 0.717) is 5.90 Å². The lowest BCUT2D eigenvalue weighted by molar-refractivity contribution is 0.406. The number of rotatable bonds is 0. The zero-order chi connectivity index (χ0) is 8.10. The number of methoxy groups -OCH3 is 1. The molecule has 0 aromatic carbocycles. The second kappa shape index (κ2) is 3.76. The van der Waals surface area contributed by atoms with E-state index in [1.165, 1.54) is 0 Å². The van der Waals surface area contributed by atoms with Crippen molar-refractivity contribution in [2.24, 2.45) is 4.99 Å². The number of allylic oxidation sites excluding steroid dienone is 5. The molecule has 0 fully saturated rings. The molecular formula is C9H11NO. The first-order chi connectivity index (χ1) is 5.33. The van der Waals surface area contributed by atoms with Crippen LogP contribution in [0.25, 0.3) is 0 Å². The maximum Gasteiger partial charge on any atom is 0.213 e. The summed E-state index contributed by atoms with van der Waals surface area (Å²) in [5, 5.41) is 0. The minimum Gasteiger partial charge on any atom is -0.481 e. The molecule has 0 aromatic rings. The van der Waals surface area contributed by atoms with Gasteiger partial charge in [-0.3, -0.25) is 0 Å². The Hall–Kier alpha value is -1.31. The van der Waals surface area contributed by atoms with Crippen molar-refractivity contribution in [1.29, 1.82) is 0 Å². The summed E-state index contributed by atoms with van der Waals surface area (Å²) in [5.74, 6) is 0.642. The third kappa shape index (κ3) is 2.42. The number of hydrogen-bond acceptors (Lipinski definition) is 2. The van der Waals surface area contributed by atoms with Gasteiger partial charge in [0.15, 0.2) is 0 Å². The zero-order valence-electron chi connectivity index (χ0n) is 6.74. The minimum absolute atomic E-state index is 0.642. The molecule has 0 spiro atoms. The van der Waals surface area contributed by atoms with E-state index in [0.717, 1.165) is 5.70 Å². The lowest BCUT2D eigenvalue weighted by Crippen LogP contribution is -1.96. The van der Waals surface area contributed by atoms with Crippen LogP contribution in [0.4, 0.5) is 0 Å². The van der Waals surface area contributed by atoms with E-state index in [-0.39, 0.29) is 0 Å². The second-order valence-electron chi connectivity index (χ2n) is 2.21. The summed E-state index contributed by atoms with van der Waals surface area (Å²) in [6.45, 7) is 1.93. The number of nitrogens with zero attached hydrogens (tertiary/aromatic N) is 1. The van der Waals surface area contributed by atoms with Gasteiger partial charge in [-0.25, -0.2) is 4.99 Å². The second-order valence-corrected chi connectivity index (χ2v) is 2.21. The average Bonchev–Trinajstić information content (AvgIpc) is 1.96. The molecule has 1 aliphatic heterocycles. The maximum atomic E-state index is 4.99. The van der Waals surface area contributed by atoms with Crippen molar-refractivity contribution in [3.8, 4) is 0 Å². The smallest absolute Gasteiger partial charge is 0.213 e. The van der Waals surface area contributed by atoms with Crippen LogP contribution in [0, 0.1) is 0 Å². The van der Waals surface area contributed by atoms with Gasteiger partial charge < -0.3 is 4.74 Å². The van der Waals surface area contributed by atoms with E-state index >= 15 is 0 Å². The SMILES string of the molecule is COC1=N/C(C)=C\C=C/C=C\1. The van der Waals surface area contributed by atoms with Gasteiger partial charge in [0.25, 0.3) is 0 Å². The highest BCUT2D eigenvalue weighted by Gasteiger charge is 1.92. The fraction of sp³-hybridized carbons (Fsp3) is 0.222. The quantitative estimate of drug-likeness (QED) is 0.516. The zero-order valence-corrected chi connectivity index (χ0v) is 6.74. The molecule has 0 aromatic heterocycles. The summed E-state index contributed by atoms with van der Waals surface area (Å²) in [5.41, 5.74) is 0.947. The molecule has 0 bridgehead atoms. The molecule has 1 heterocycles. The van der Waals surface area contributed by atoms with Crippen molar-refractivity contribution in [2.75, 3.05) is 7.11 Å². The van der Waals surface area contributed by atoms with Gasteiger partial charge >= 0.3 is 0 Å². The Morgan fingerprint density at radius 2 is 2.09 bits per heavy atom. The third-order valence-electron chi connectivity index (χ3n) is 1.29. The third-order valence-corrected chi connectivity index (χ3v) is 1.29. The summed E-state index contributed by atoms with van der Waals surface area (Å²) < 4.78 is 4.99. The fourth-order valence-corrected chi connectivity index (χ4v) is 0.759. The van der Waals surface area contributed by atoms with E-state index in [1.54, 1.807) is 7.11 Å². The Kier molecular flexibility index (Phi) is 2.66. The largest absolute Gasteiger partial charge is 0.481 e. The van der Waals surface area contributed by atoms with Crippen LogP contribution >= 0.6 is 0 Å². The standard InChI is InChI=1S/C9H11NO/c1-8-6-4-3-5-7-9(10-8)11-2/h3-7H,1-2H3/b4-3-,5-3?,6-4?,7-5-,8-6-,9-7?,10-8?,10-9+. The molecule has 0 unspecified atom stereocenters. The Morgan fingerprint density at radius 3 is 2.82 bits per heavy atom. The summed E-state index contributed by atoms with van der Waals surface area (Å²) in [4.78, 5) is 4.17. The summed E-state index contributed by atoms with van der Waals surface area (Å²) in [7, 11) is 1.61. The van der Waals surface area contributed by atoms with Gasteiger partial charge in [-0.2, -0.15) is 0 Å².